The highest BCUT2D eigenvalue weighted by Crippen LogP contribution is 2.15. The van der Waals surface area contributed by atoms with Crippen LogP contribution >= 0.6 is 11.8 Å². The van der Waals surface area contributed by atoms with Crippen molar-refractivity contribution in [2.75, 3.05) is 12.4 Å². The van der Waals surface area contributed by atoms with Crippen LogP contribution in [0.5, 0.6) is 0 Å². The highest BCUT2D eigenvalue weighted by Gasteiger charge is 1.96. The Balaban J connectivity index is 2.52. The van der Waals surface area contributed by atoms with Gasteiger partial charge in [0.25, 0.3) is 0 Å². The van der Waals surface area contributed by atoms with Crippen LogP contribution in [0.2, 0.25) is 0 Å². The summed E-state index contributed by atoms with van der Waals surface area (Å²) in [5.74, 6) is 0.832. The maximum atomic E-state index is 8.57. The van der Waals surface area contributed by atoms with E-state index in [2.05, 4.69) is 4.98 Å². The molecule has 1 aromatic heterocycles. The molecule has 68 valence electrons. The standard InChI is InChI=1S/C9H10N2OS/c10-7-8-3-1-4-9(11-8)13-6-2-5-12/h1,3-4,12H,2,5-6H2. The Morgan fingerprint density at radius 1 is 1.54 bits per heavy atom. The SMILES string of the molecule is N#Cc1cccc(SCCCO)n1. The minimum Gasteiger partial charge on any atom is -0.396 e. The third-order valence-electron chi connectivity index (χ3n) is 1.39. The summed E-state index contributed by atoms with van der Waals surface area (Å²) in [6.45, 7) is 0.199. The van der Waals surface area contributed by atoms with Gasteiger partial charge in [-0.25, -0.2) is 4.98 Å². The van der Waals surface area contributed by atoms with Gasteiger partial charge in [-0.3, -0.25) is 0 Å². The number of hydrogen-bond acceptors (Lipinski definition) is 4. The third kappa shape index (κ3) is 3.45. The lowest BCUT2D eigenvalue weighted by Gasteiger charge is -1.98. The second kappa shape index (κ2) is 5.57. The molecule has 0 aromatic carbocycles. The van der Waals surface area contributed by atoms with Crippen LogP contribution in [-0.4, -0.2) is 22.5 Å². The molecule has 0 fully saturated rings. The second-order valence-electron chi connectivity index (χ2n) is 2.40. The van der Waals surface area contributed by atoms with Crippen LogP contribution in [-0.2, 0) is 0 Å². The summed E-state index contributed by atoms with van der Waals surface area (Å²) in [6.07, 6.45) is 0.753. The fourth-order valence-corrected chi connectivity index (χ4v) is 1.62. The lowest BCUT2D eigenvalue weighted by Crippen LogP contribution is -1.88. The molecular weight excluding hydrogens is 184 g/mol. The van der Waals surface area contributed by atoms with Gasteiger partial charge in [-0.05, 0) is 18.6 Å². The van der Waals surface area contributed by atoms with E-state index >= 15 is 0 Å². The first-order valence-corrected chi connectivity index (χ1v) is 4.96. The van der Waals surface area contributed by atoms with Gasteiger partial charge in [-0.15, -0.1) is 11.8 Å². The number of rotatable bonds is 4. The molecule has 0 amide bonds. The van der Waals surface area contributed by atoms with Crippen LogP contribution in [0.25, 0.3) is 0 Å². The van der Waals surface area contributed by atoms with E-state index in [9.17, 15) is 0 Å². The number of aromatic nitrogens is 1. The van der Waals surface area contributed by atoms with E-state index in [1.54, 1.807) is 17.8 Å². The number of thioether (sulfide) groups is 1. The van der Waals surface area contributed by atoms with Gasteiger partial charge in [-0.2, -0.15) is 5.26 Å². The van der Waals surface area contributed by atoms with E-state index in [1.807, 2.05) is 18.2 Å². The van der Waals surface area contributed by atoms with Crippen molar-refractivity contribution in [2.24, 2.45) is 0 Å². The number of aliphatic hydroxyl groups is 1. The summed E-state index contributed by atoms with van der Waals surface area (Å²) >= 11 is 1.55. The van der Waals surface area contributed by atoms with Crippen molar-refractivity contribution in [1.29, 1.82) is 5.26 Å². The van der Waals surface area contributed by atoms with E-state index in [1.165, 1.54) is 0 Å². The molecule has 4 heteroatoms. The van der Waals surface area contributed by atoms with E-state index < -0.39 is 0 Å². The summed E-state index contributed by atoms with van der Waals surface area (Å²) in [6, 6.07) is 7.34. The lowest BCUT2D eigenvalue weighted by molar-refractivity contribution is 0.296. The van der Waals surface area contributed by atoms with E-state index in [4.69, 9.17) is 10.4 Å². The Hall–Kier alpha value is -1.05. The zero-order chi connectivity index (χ0) is 9.52. The molecule has 1 heterocycles. The normalized spacial score (nSPS) is 9.54. The molecule has 0 aliphatic carbocycles. The zero-order valence-electron chi connectivity index (χ0n) is 7.10. The summed E-state index contributed by atoms with van der Waals surface area (Å²) in [5.41, 5.74) is 0.439. The quantitative estimate of drug-likeness (QED) is 0.582. The van der Waals surface area contributed by atoms with Crippen LogP contribution in [0.15, 0.2) is 23.2 Å². The first kappa shape index (κ1) is 10.0. The Labute approximate surface area is 81.4 Å². The Kier molecular flexibility index (Phi) is 4.30. The fourth-order valence-electron chi connectivity index (χ4n) is 0.799. The molecule has 0 unspecified atom stereocenters. The summed E-state index contributed by atoms with van der Waals surface area (Å²) < 4.78 is 0. The molecular formula is C9H10N2OS. The average molecular weight is 194 g/mol. The largest absolute Gasteiger partial charge is 0.396 e. The van der Waals surface area contributed by atoms with Gasteiger partial charge < -0.3 is 5.11 Å². The molecule has 0 bridgehead atoms. The van der Waals surface area contributed by atoms with Gasteiger partial charge in [0, 0.05) is 12.4 Å². The molecule has 0 aliphatic rings. The van der Waals surface area contributed by atoms with Gasteiger partial charge in [0.05, 0.1) is 5.03 Å². The van der Waals surface area contributed by atoms with Gasteiger partial charge in [-0.1, -0.05) is 6.07 Å². The van der Waals surface area contributed by atoms with Gasteiger partial charge in [0.1, 0.15) is 11.8 Å². The van der Waals surface area contributed by atoms with E-state index in [0.717, 1.165) is 17.2 Å². The molecule has 1 aromatic rings. The van der Waals surface area contributed by atoms with E-state index in [-0.39, 0.29) is 6.61 Å². The molecule has 0 saturated heterocycles. The summed E-state index contributed by atoms with van der Waals surface area (Å²) in [5, 5.41) is 18.0. The Morgan fingerprint density at radius 2 is 2.38 bits per heavy atom. The lowest BCUT2D eigenvalue weighted by atomic mass is 10.4. The Bertz CT molecular complexity index is 309. The second-order valence-corrected chi connectivity index (χ2v) is 3.51. The van der Waals surface area contributed by atoms with Crippen molar-refractivity contribution >= 4 is 11.8 Å². The molecule has 0 atom stereocenters. The molecule has 0 radical (unpaired) electrons. The first-order chi connectivity index (χ1) is 6.36. The van der Waals surface area contributed by atoms with Crippen LogP contribution in [0.4, 0.5) is 0 Å². The van der Waals surface area contributed by atoms with Gasteiger partial charge in [0.2, 0.25) is 0 Å². The number of nitrogens with zero attached hydrogens (tertiary/aromatic N) is 2. The van der Waals surface area contributed by atoms with Crippen LogP contribution in [0.3, 0.4) is 0 Å². The number of pyridine rings is 1. The highest BCUT2D eigenvalue weighted by molar-refractivity contribution is 7.99. The van der Waals surface area contributed by atoms with Crippen molar-refractivity contribution in [1.82, 2.24) is 4.98 Å². The predicted octanol–water partition coefficient (Wildman–Crippen LogP) is 1.43. The number of hydrogen-bond donors (Lipinski definition) is 1. The smallest absolute Gasteiger partial charge is 0.141 e. The van der Waals surface area contributed by atoms with E-state index in [0.29, 0.717) is 5.69 Å². The molecule has 0 saturated carbocycles. The van der Waals surface area contributed by atoms with Crippen molar-refractivity contribution in [3.63, 3.8) is 0 Å². The average Bonchev–Trinajstić information content (AvgIpc) is 2.19. The fraction of sp³-hybridized carbons (Fsp3) is 0.333. The van der Waals surface area contributed by atoms with Crippen molar-refractivity contribution in [2.45, 2.75) is 11.4 Å². The van der Waals surface area contributed by atoms with Crippen LogP contribution in [0, 0.1) is 11.3 Å². The summed E-state index contributed by atoms with van der Waals surface area (Å²) in [4.78, 5) is 4.08. The zero-order valence-corrected chi connectivity index (χ0v) is 7.92. The molecule has 3 nitrogen and oxygen atoms in total. The predicted molar refractivity (Wildman–Crippen MR) is 51.4 cm³/mol. The monoisotopic (exact) mass is 194 g/mol. The minimum absolute atomic E-state index is 0.199. The Morgan fingerprint density at radius 3 is 3.08 bits per heavy atom. The topological polar surface area (TPSA) is 56.9 Å². The molecule has 13 heavy (non-hydrogen) atoms. The number of nitriles is 1. The first-order valence-electron chi connectivity index (χ1n) is 3.97. The molecule has 0 aliphatic heterocycles. The van der Waals surface area contributed by atoms with Crippen LogP contribution in [0.1, 0.15) is 12.1 Å². The highest BCUT2D eigenvalue weighted by atomic mass is 32.2. The number of aliphatic hydroxyl groups excluding tert-OH is 1. The maximum Gasteiger partial charge on any atom is 0.141 e. The summed E-state index contributed by atoms with van der Waals surface area (Å²) in [7, 11) is 0. The van der Waals surface area contributed by atoms with Gasteiger partial charge >= 0.3 is 0 Å². The third-order valence-corrected chi connectivity index (χ3v) is 2.41. The minimum atomic E-state index is 0.199. The van der Waals surface area contributed by atoms with Gasteiger partial charge in [0.15, 0.2) is 0 Å². The molecule has 0 spiro atoms. The van der Waals surface area contributed by atoms with Crippen molar-refractivity contribution in [3.05, 3.63) is 23.9 Å². The van der Waals surface area contributed by atoms with Crippen LogP contribution < -0.4 is 0 Å². The maximum absolute atomic E-state index is 8.57. The molecule has 1 N–H and O–H groups in total. The molecule has 1 rings (SSSR count). The van der Waals surface area contributed by atoms with Crippen molar-refractivity contribution < 1.29 is 5.11 Å². The van der Waals surface area contributed by atoms with Crippen molar-refractivity contribution in [3.8, 4) is 6.07 Å².